The molecule has 0 aliphatic carbocycles. The maximum absolute atomic E-state index is 13.2. The van der Waals surface area contributed by atoms with Gasteiger partial charge in [-0.25, -0.2) is 0 Å². The molecule has 1 atom stereocenters. The van der Waals surface area contributed by atoms with E-state index < -0.39 is 23.6 Å². The summed E-state index contributed by atoms with van der Waals surface area (Å²) in [6.07, 6.45) is 9.85. The van der Waals surface area contributed by atoms with Crippen molar-refractivity contribution >= 4 is 44.9 Å². The third-order valence-corrected chi connectivity index (χ3v) is 6.71. The first-order valence-electron chi connectivity index (χ1n) is 12.9. The van der Waals surface area contributed by atoms with E-state index in [0.29, 0.717) is 5.69 Å². The quantitative estimate of drug-likeness (QED) is 0.171. The number of nitrogens with one attached hydrogen (secondary N) is 2. The molecule has 8 heteroatoms. The van der Waals surface area contributed by atoms with Crippen molar-refractivity contribution in [3.63, 3.8) is 0 Å². The third kappa shape index (κ3) is 8.29. The van der Waals surface area contributed by atoms with Crippen LogP contribution in [0.25, 0.3) is 5.57 Å². The zero-order valence-corrected chi connectivity index (χ0v) is 23.8. The van der Waals surface area contributed by atoms with Gasteiger partial charge in [0.25, 0.3) is 11.8 Å². The minimum atomic E-state index is -0.782. The Labute approximate surface area is 238 Å². The van der Waals surface area contributed by atoms with Gasteiger partial charge in [0, 0.05) is 29.2 Å². The summed E-state index contributed by atoms with van der Waals surface area (Å²) >= 11 is 3.33. The molecule has 1 aliphatic rings. The average molecular weight is 593 g/mol. The van der Waals surface area contributed by atoms with Gasteiger partial charge in [0.1, 0.15) is 11.3 Å². The predicted molar refractivity (Wildman–Crippen MR) is 159 cm³/mol. The molecule has 0 bridgehead atoms. The van der Waals surface area contributed by atoms with Gasteiger partial charge in [0.2, 0.25) is 5.91 Å². The van der Waals surface area contributed by atoms with Crippen molar-refractivity contribution in [3.8, 4) is 0 Å². The lowest BCUT2D eigenvalue weighted by molar-refractivity contribution is -0.133. The Hall–Kier alpha value is -3.91. The van der Waals surface area contributed by atoms with Crippen LogP contribution in [0.2, 0.25) is 0 Å². The van der Waals surface area contributed by atoms with Crippen LogP contribution in [-0.4, -0.2) is 40.8 Å². The lowest BCUT2D eigenvalue weighted by atomic mass is 9.96. The standard InChI is InChI=1S/C31H34BrN3O4/c1-4-6-8-23(9-7-5-2)24-12-10-22(11-13-24)20-35-19-21(3)29(37)28(31(35)39)30(38)33-18-27(36)34-26-16-14-25(32)15-17-26/h4,7-17,21,37H,1,5-6,18-20H2,2-3H3,(H,33,38)(H,34,36)/b9-7-,23-8+/t21-/m1/s1. The summed E-state index contributed by atoms with van der Waals surface area (Å²) in [5.74, 6) is -2.49. The molecule has 3 N–H and O–H groups in total. The molecule has 7 nitrogen and oxygen atoms in total. The average Bonchev–Trinajstić information content (AvgIpc) is 2.92. The smallest absolute Gasteiger partial charge is 0.263 e. The number of carbonyl (C=O) groups excluding carboxylic acids is 3. The van der Waals surface area contributed by atoms with Crippen molar-refractivity contribution in [2.45, 2.75) is 33.2 Å². The van der Waals surface area contributed by atoms with Gasteiger partial charge in [-0.15, -0.1) is 6.58 Å². The Balaban J connectivity index is 1.66. The zero-order valence-electron chi connectivity index (χ0n) is 22.2. The molecule has 2 aromatic carbocycles. The molecule has 0 saturated carbocycles. The van der Waals surface area contributed by atoms with Crippen molar-refractivity contribution in [3.05, 3.63) is 106 Å². The molecule has 0 spiro atoms. The molecule has 204 valence electrons. The molecule has 0 radical (unpaired) electrons. The Morgan fingerprint density at radius 2 is 1.85 bits per heavy atom. The molecule has 0 fully saturated rings. The minimum absolute atomic E-state index is 0.267. The van der Waals surface area contributed by atoms with E-state index in [-0.39, 0.29) is 31.0 Å². The highest BCUT2D eigenvalue weighted by Gasteiger charge is 2.35. The van der Waals surface area contributed by atoms with E-state index in [4.69, 9.17) is 0 Å². The number of aliphatic hydroxyl groups is 1. The number of amides is 3. The van der Waals surface area contributed by atoms with Crippen LogP contribution in [0.15, 0.2) is 95.2 Å². The topological polar surface area (TPSA) is 98.7 Å². The fourth-order valence-corrected chi connectivity index (χ4v) is 4.38. The van der Waals surface area contributed by atoms with Crippen molar-refractivity contribution in [1.82, 2.24) is 10.2 Å². The van der Waals surface area contributed by atoms with Gasteiger partial charge in [0.05, 0.1) is 6.54 Å². The first-order chi connectivity index (χ1) is 18.7. The van der Waals surface area contributed by atoms with Crippen LogP contribution >= 0.6 is 15.9 Å². The molecule has 3 rings (SSSR count). The number of carbonyl (C=O) groups is 3. The Morgan fingerprint density at radius 1 is 1.15 bits per heavy atom. The second kappa shape index (κ2) is 14.3. The largest absolute Gasteiger partial charge is 0.511 e. The SMILES string of the molecule is C=CC/C=C(\C=C/CC)c1ccc(CN2C[C@@H](C)C(O)=C(C(=O)NCC(=O)Nc3ccc(Br)cc3)C2=O)cc1. The summed E-state index contributed by atoms with van der Waals surface area (Å²) in [6.45, 7) is 7.84. The third-order valence-electron chi connectivity index (χ3n) is 6.18. The van der Waals surface area contributed by atoms with E-state index in [2.05, 4.69) is 58.3 Å². The van der Waals surface area contributed by atoms with E-state index >= 15 is 0 Å². The molecule has 0 unspecified atom stereocenters. The van der Waals surface area contributed by atoms with Crippen LogP contribution in [0.4, 0.5) is 5.69 Å². The number of allylic oxidation sites excluding steroid dienone is 5. The highest BCUT2D eigenvalue weighted by Crippen LogP contribution is 2.25. The number of benzene rings is 2. The fourth-order valence-electron chi connectivity index (χ4n) is 4.11. The second-order valence-electron chi connectivity index (χ2n) is 9.28. The highest BCUT2D eigenvalue weighted by molar-refractivity contribution is 9.10. The lowest BCUT2D eigenvalue weighted by Crippen LogP contribution is -2.46. The predicted octanol–water partition coefficient (Wildman–Crippen LogP) is 5.92. The summed E-state index contributed by atoms with van der Waals surface area (Å²) in [4.78, 5) is 39.9. The summed E-state index contributed by atoms with van der Waals surface area (Å²) in [7, 11) is 0. The maximum Gasteiger partial charge on any atom is 0.263 e. The molecule has 2 aromatic rings. The van der Waals surface area contributed by atoms with Crippen molar-refractivity contribution < 1.29 is 19.5 Å². The van der Waals surface area contributed by atoms with Crippen molar-refractivity contribution in [2.75, 3.05) is 18.4 Å². The summed E-state index contributed by atoms with van der Waals surface area (Å²) in [5, 5.41) is 15.7. The molecule has 0 aromatic heterocycles. The van der Waals surface area contributed by atoms with Gasteiger partial charge < -0.3 is 20.6 Å². The number of hydrogen-bond acceptors (Lipinski definition) is 4. The van der Waals surface area contributed by atoms with E-state index in [0.717, 1.165) is 34.0 Å². The molecular weight excluding hydrogens is 558 g/mol. The van der Waals surface area contributed by atoms with Gasteiger partial charge >= 0.3 is 0 Å². The van der Waals surface area contributed by atoms with E-state index in [1.807, 2.05) is 30.3 Å². The summed E-state index contributed by atoms with van der Waals surface area (Å²) in [6, 6.07) is 14.9. The van der Waals surface area contributed by atoms with Crippen LogP contribution in [0.5, 0.6) is 0 Å². The van der Waals surface area contributed by atoms with Crippen LogP contribution in [0.1, 0.15) is 37.8 Å². The van der Waals surface area contributed by atoms with Crippen LogP contribution < -0.4 is 10.6 Å². The number of nitrogens with zero attached hydrogens (tertiary/aromatic N) is 1. The number of aliphatic hydroxyl groups excluding tert-OH is 1. The fraction of sp³-hybridized carbons (Fsp3) is 0.258. The van der Waals surface area contributed by atoms with E-state index in [1.165, 1.54) is 0 Å². The van der Waals surface area contributed by atoms with Crippen molar-refractivity contribution in [1.29, 1.82) is 0 Å². The minimum Gasteiger partial charge on any atom is -0.511 e. The molecule has 39 heavy (non-hydrogen) atoms. The molecule has 0 saturated heterocycles. The molecule has 3 amide bonds. The number of rotatable bonds is 11. The Morgan fingerprint density at radius 3 is 2.49 bits per heavy atom. The van der Waals surface area contributed by atoms with Crippen LogP contribution in [0.3, 0.4) is 0 Å². The van der Waals surface area contributed by atoms with Gasteiger partial charge in [0.15, 0.2) is 0 Å². The lowest BCUT2D eigenvalue weighted by Gasteiger charge is -2.32. The number of halogens is 1. The zero-order chi connectivity index (χ0) is 28.4. The van der Waals surface area contributed by atoms with Gasteiger partial charge in [-0.2, -0.15) is 0 Å². The van der Waals surface area contributed by atoms with E-state index in [1.54, 1.807) is 36.1 Å². The Bertz CT molecular complexity index is 1290. The van der Waals surface area contributed by atoms with Gasteiger partial charge in [-0.1, -0.05) is 78.3 Å². The molecule has 1 heterocycles. The van der Waals surface area contributed by atoms with Crippen LogP contribution in [-0.2, 0) is 20.9 Å². The first-order valence-corrected chi connectivity index (χ1v) is 13.7. The Kier molecular flexibility index (Phi) is 10.9. The highest BCUT2D eigenvalue weighted by atomic mass is 79.9. The van der Waals surface area contributed by atoms with Gasteiger partial charge in [-0.3, -0.25) is 14.4 Å². The summed E-state index contributed by atoms with van der Waals surface area (Å²) in [5.41, 5.74) is 3.30. The number of anilines is 1. The molecule has 1 aliphatic heterocycles. The van der Waals surface area contributed by atoms with Crippen LogP contribution in [0, 0.1) is 5.92 Å². The maximum atomic E-state index is 13.2. The second-order valence-corrected chi connectivity index (χ2v) is 10.2. The first kappa shape index (κ1) is 29.6. The number of hydrogen-bond donors (Lipinski definition) is 3. The van der Waals surface area contributed by atoms with Crippen molar-refractivity contribution in [2.24, 2.45) is 5.92 Å². The van der Waals surface area contributed by atoms with E-state index in [9.17, 15) is 19.5 Å². The molecular formula is C31H34BrN3O4. The normalized spacial score (nSPS) is 16.0. The monoisotopic (exact) mass is 591 g/mol. The van der Waals surface area contributed by atoms with Gasteiger partial charge in [-0.05, 0) is 53.8 Å². The summed E-state index contributed by atoms with van der Waals surface area (Å²) < 4.78 is 0.871.